The smallest absolute Gasteiger partial charge is 0.344 e. The van der Waals surface area contributed by atoms with Gasteiger partial charge < -0.3 is 4.74 Å². The molecule has 0 aliphatic carbocycles. The lowest BCUT2D eigenvalue weighted by molar-refractivity contribution is -0.385. The van der Waals surface area contributed by atoms with Gasteiger partial charge in [-0.2, -0.15) is 5.10 Å². The lowest BCUT2D eigenvalue weighted by Crippen LogP contribution is -2.10. The Kier molecular flexibility index (Phi) is 6.22. The van der Waals surface area contributed by atoms with Crippen molar-refractivity contribution in [2.24, 2.45) is 5.10 Å². The number of nitro groups is 2. The van der Waals surface area contributed by atoms with Gasteiger partial charge in [0, 0.05) is 23.8 Å². The van der Waals surface area contributed by atoms with E-state index in [-0.39, 0.29) is 11.4 Å². The number of rotatable bonds is 7. The third-order valence-electron chi connectivity index (χ3n) is 4.88. The fourth-order valence-corrected chi connectivity index (χ4v) is 3.24. The molecule has 10 nitrogen and oxygen atoms in total. The summed E-state index contributed by atoms with van der Waals surface area (Å²) in [5, 5.41) is 27.8. The lowest BCUT2D eigenvalue weighted by atomic mass is 10.0. The first kappa shape index (κ1) is 22.1. The van der Waals surface area contributed by atoms with Gasteiger partial charge in [0.1, 0.15) is 0 Å². The van der Waals surface area contributed by atoms with Gasteiger partial charge in [-0.1, -0.05) is 36.4 Å². The molecule has 4 rings (SSSR count). The molecule has 0 atom stereocenters. The summed E-state index contributed by atoms with van der Waals surface area (Å²) in [6.07, 6.45) is 1.34. The third-order valence-corrected chi connectivity index (χ3v) is 4.88. The zero-order valence-corrected chi connectivity index (χ0v) is 17.5. The Morgan fingerprint density at radius 3 is 2.35 bits per heavy atom. The highest BCUT2D eigenvalue weighted by atomic mass is 16.6. The largest absolute Gasteiger partial charge is 0.416 e. The minimum absolute atomic E-state index is 0.0567. The first-order chi connectivity index (χ1) is 16.4. The summed E-state index contributed by atoms with van der Waals surface area (Å²) in [6, 6.07) is 22.1. The summed E-state index contributed by atoms with van der Waals surface area (Å²) >= 11 is 0. The van der Waals surface area contributed by atoms with Crippen LogP contribution in [0.25, 0.3) is 10.8 Å². The number of fused-ring (bicyclic) bond motifs is 1. The summed E-state index contributed by atoms with van der Waals surface area (Å²) < 4.78 is 5.36. The second kappa shape index (κ2) is 9.57. The fraction of sp³-hybridized carbons (Fsp3) is 0. The summed E-state index contributed by atoms with van der Waals surface area (Å²) in [5.41, 5.74) is 3.41. The highest BCUT2D eigenvalue weighted by Crippen LogP contribution is 2.29. The molecule has 4 aromatic carbocycles. The van der Waals surface area contributed by atoms with Crippen molar-refractivity contribution in [3.05, 3.63) is 116 Å². The quantitative estimate of drug-likeness (QED) is 0.131. The number of hydrogen-bond acceptors (Lipinski definition) is 8. The molecule has 1 N–H and O–H groups in total. The first-order valence-corrected chi connectivity index (χ1v) is 9.94. The number of carbonyl (C=O) groups excluding carboxylic acids is 1. The predicted octanol–water partition coefficient (Wildman–Crippen LogP) is 5.32. The molecule has 0 unspecified atom stereocenters. The summed E-state index contributed by atoms with van der Waals surface area (Å²) in [7, 11) is 0. The molecule has 0 radical (unpaired) electrons. The number of ether oxygens (including phenoxy) is 1. The van der Waals surface area contributed by atoms with Gasteiger partial charge in [-0.25, -0.2) is 4.79 Å². The molecule has 0 aliphatic heterocycles. The molecule has 10 heteroatoms. The van der Waals surface area contributed by atoms with Crippen LogP contribution in [0.3, 0.4) is 0 Å². The molecular weight excluding hydrogens is 440 g/mol. The molecule has 0 aliphatic rings. The number of hydrazone groups is 1. The normalized spacial score (nSPS) is 10.8. The number of esters is 1. The Bertz CT molecular complexity index is 1430. The van der Waals surface area contributed by atoms with Crippen LogP contribution in [0.5, 0.6) is 5.75 Å². The van der Waals surface area contributed by atoms with Crippen LogP contribution < -0.4 is 10.2 Å². The van der Waals surface area contributed by atoms with Crippen LogP contribution in [-0.4, -0.2) is 22.0 Å². The van der Waals surface area contributed by atoms with Gasteiger partial charge in [0.05, 0.1) is 27.3 Å². The minimum atomic E-state index is -0.707. The first-order valence-electron chi connectivity index (χ1n) is 9.94. The molecule has 34 heavy (non-hydrogen) atoms. The number of hydrogen-bond donors (Lipinski definition) is 1. The van der Waals surface area contributed by atoms with Gasteiger partial charge in [0.15, 0.2) is 0 Å². The Morgan fingerprint density at radius 2 is 1.62 bits per heavy atom. The molecule has 4 aromatic rings. The lowest BCUT2D eigenvalue weighted by Gasteiger charge is -2.08. The van der Waals surface area contributed by atoms with Gasteiger partial charge in [-0.05, 0) is 41.1 Å². The van der Waals surface area contributed by atoms with E-state index in [4.69, 9.17) is 4.74 Å². The Labute approximate surface area is 192 Å². The van der Waals surface area contributed by atoms with Gasteiger partial charge in [0.2, 0.25) is 5.75 Å². The van der Waals surface area contributed by atoms with Crippen molar-refractivity contribution < 1.29 is 19.4 Å². The van der Waals surface area contributed by atoms with E-state index in [2.05, 4.69) is 10.5 Å². The van der Waals surface area contributed by atoms with Gasteiger partial charge in [-0.3, -0.25) is 25.7 Å². The van der Waals surface area contributed by atoms with Gasteiger partial charge >= 0.3 is 11.7 Å². The number of nitrogens with zero attached hydrogens (tertiary/aromatic N) is 3. The second-order valence-corrected chi connectivity index (χ2v) is 7.07. The van der Waals surface area contributed by atoms with Crippen molar-refractivity contribution in [3.63, 3.8) is 0 Å². The zero-order chi connectivity index (χ0) is 24.1. The molecule has 0 bridgehead atoms. The maximum absolute atomic E-state index is 12.8. The van der Waals surface area contributed by atoms with E-state index in [9.17, 15) is 25.0 Å². The van der Waals surface area contributed by atoms with Crippen molar-refractivity contribution in [2.45, 2.75) is 0 Å². The van der Waals surface area contributed by atoms with Crippen molar-refractivity contribution >= 4 is 40.0 Å². The van der Waals surface area contributed by atoms with Crippen LogP contribution in [0, 0.1) is 20.2 Å². The molecule has 0 saturated carbocycles. The fourth-order valence-electron chi connectivity index (χ4n) is 3.24. The Hall–Kier alpha value is -5.12. The van der Waals surface area contributed by atoms with Gasteiger partial charge in [0.25, 0.3) is 5.69 Å². The van der Waals surface area contributed by atoms with Crippen LogP contribution in [0.1, 0.15) is 15.9 Å². The highest BCUT2D eigenvalue weighted by Gasteiger charge is 2.20. The maximum atomic E-state index is 12.8. The van der Waals surface area contributed by atoms with E-state index >= 15 is 0 Å². The van der Waals surface area contributed by atoms with Crippen molar-refractivity contribution in [2.75, 3.05) is 5.43 Å². The van der Waals surface area contributed by atoms with Crippen molar-refractivity contribution in [1.82, 2.24) is 0 Å². The van der Waals surface area contributed by atoms with E-state index in [1.54, 1.807) is 24.3 Å². The number of nitrogens with one attached hydrogen (secondary N) is 1. The van der Waals surface area contributed by atoms with Crippen LogP contribution in [0.2, 0.25) is 0 Å². The molecule has 0 aromatic heterocycles. The van der Waals surface area contributed by atoms with Gasteiger partial charge in [-0.15, -0.1) is 0 Å². The topological polar surface area (TPSA) is 137 Å². The SMILES string of the molecule is O=C(Oc1ccc(C=NNc2ccc([N+](=O)[O-])cc2)cc1[N+](=O)[O-])c1cccc2ccccc12. The molecular formula is C24H16N4O6. The van der Waals surface area contributed by atoms with Crippen LogP contribution in [0.15, 0.2) is 90.0 Å². The van der Waals surface area contributed by atoms with Crippen LogP contribution in [-0.2, 0) is 0 Å². The highest BCUT2D eigenvalue weighted by molar-refractivity contribution is 6.05. The van der Waals surface area contributed by atoms with E-state index in [0.29, 0.717) is 22.2 Å². The van der Waals surface area contributed by atoms with Crippen LogP contribution in [0.4, 0.5) is 17.1 Å². The second-order valence-electron chi connectivity index (χ2n) is 7.07. The number of benzene rings is 4. The number of carbonyl (C=O) groups is 1. The van der Waals surface area contributed by atoms with E-state index in [1.807, 2.05) is 18.2 Å². The monoisotopic (exact) mass is 456 g/mol. The molecule has 0 amide bonds. The average molecular weight is 456 g/mol. The summed E-state index contributed by atoms with van der Waals surface area (Å²) in [6.45, 7) is 0. The van der Waals surface area contributed by atoms with Crippen molar-refractivity contribution in [3.8, 4) is 5.75 Å². The number of nitro benzene ring substituents is 2. The molecule has 0 spiro atoms. The third kappa shape index (κ3) is 4.86. The predicted molar refractivity (Wildman–Crippen MR) is 126 cm³/mol. The van der Waals surface area contributed by atoms with E-state index in [1.165, 1.54) is 48.7 Å². The molecule has 0 fully saturated rings. The standard InChI is InChI=1S/C24H16N4O6/c29-24(21-7-3-5-17-4-1-2-6-20(17)21)34-23-13-8-16(14-22(23)28(32)33)15-25-26-18-9-11-19(12-10-18)27(30)31/h1-15,26H. The zero-order valence-electron chi connectivity index (χ0n) is 17.5. The van der Waals surface area contributed by atoms with Crippen LogP contribution >= 0.6 is 0 Å². The van der Waals surface area contributed by atoms with E-state index in [0.717, 1.165) is 5.39 Å². The molecule has 0 saturated heterocycles. The minimum Gasteiger partial charge on any atom is -0.416 e. The van der Waals surface area contributed by atoms with E-state index < -0.39 is 21.5 Å². The molecule has 0 heterocycles. The number of anilines is 1. The summed E-state index contributed by atoms with van der Waals surface area (Å²) in [4.78, 5) is 33.9. The van der Waals surface area contributed by atoms with Crippen molar-refractivity contribution in [1.29, 1.82) is 0 Å². The number of non-ortho nitro benzene ring substituents is 1. The average Bonchev–Trinajstić information content (AvgIpc) is 2.84. The Morgan fingerprint density at radius 1 is 0.882 bits per heavy atom. The molecule has 168 valence electrons. The maximum Gasteiger partial charge on any atom is 0.344 e. The Balaban J connectivity index is 1.52. The summed E-state index contributed by atoms with van der Waals surface area (Å²) in [5.74, 6) is -0.899.